The molecule has 1 aromatic rings. The van der Waals surface area contributed by atoms with E-state index in [1.807, 2.05) is 0 Å². The molecule has 1 atom stereocenters. The molecule has 1 heterocycles. The van der Waals surface area contributed by atoms with Crippen molar-refractivity contribution in [3.8, 4) is 0 Å². The van der Waals surface area contributed by atoms with Crippen molar-refractivity contribution in [3.05, 3.63) is 29.1 Å². The molecule has 1 unspecified atom stereocenters. The summed E-state index contributed by atoms with van der Waals surface area (Å²) in [7, 11) is 0. The van der Waals surface area contributed by atoms with Crippen LogP contribution in [-0.2, 0) is 6.42 Å². The van der Waals surface area contributed by atoms with Crippen molar-refractivity contribution in [1.82, 2.24) is 9.97 Å². The molecule has 1 aliphatic carbocycles. The molecule has 0 bridgehead atoms. The predicted octanol–water partition coefficient (Wildman–Crippen LogP) is 2.38. The van der Waals surface area contributed by atoms with Crippen molar-refractivity contribution in [2.75, 3.05) is 0 Å². The Labute approximate surface area is 80.7 Å². The van der Waals surface area contributed by atoms with Gasteiger partial charge in [-0.3, -0.25) is 9.97 Å². The van der Waals surface area contributed by atoms with E-state index in [1.165, 1.54) is 6.92 Å². The molecule has 14 heavy (non-hydrogen) atoms. The van der Waals surface area contributed by atoms with Gasteiger partial charge in [0.15, 0.2) is 5.67 Å². The van der Waals surface area contributed by atoms with Crippen LogP contribution >= 0.6 is 0 Å². The van der Waals surface area contributed by atoms with E-state index in [1.54, 1.807) is 13.1 Å². The summed E-state index contributed by atoms with van der Waals surface area (Å²) in [4.78, 5) is 8.12. The summed E-state index contributed by atoms with van der Waals surface area (Å²) in [6.45, 7) is 2.98. The van der Waals surface area contributed by atoms with Gasteiger partial charge in [0.2, 0.25) is 0 Å². The van der Waals surface area contributed by atoms with Gasteiger partial charge in [-0.05, 0) is 13.8 Å². The van der Waals surface area contributed by atoms with Gasteiger partial charge in [0, 0.05) is 18.7 Å². The normalized spacial score (nSPS) is 25.6. The average Bonchev–Trinajstić information content (AvgIpc) is 2.08. The van der Waals surface area contributed by atoms with E-state index < -0.39 is 11.5 Å². The fraction of sp³-hybridized carbons (Fsp3) is 0.400. The molecule has 2 rings (SSSR count). The molecule has 1 aliphatic rings. The van der Waals surface area contributed by atoms with E-state index in [-0.39, 0.29) is 6.42 Å². The molecule has 4 heteroatoms. The molecule has 0 aromatic carbocycles. The molecule has 74 valence electrons. The number of halogens is 2. The number of aromatic nitrogens is 2. The largest absolute Gasteiger partial charge is 0.257 e. The second-order valence-corrected chi connectivity index (χ2v) is 3.71. The van der Waals surface area contributed by atoms with Crippen molar-refractivity contribution >= 4 is 6.08 Å². The van der Waals surface area contributed by atoms with Crippen LogP contribution in [0.15, 0.2) is 12.0 Å². The second-order valence-electron chi connectivity index (χ2n) is 3.71. The summed E-state index contributed by atoms with van der Waals surface area (Å²) < 4.78 is 26.7. The van der Waals surface area contributed by atoms with Crippen molar-refractivity contribution in [1.29, 1.82) is 0 Å². The number of fused-ring (bicyclic) bond motifs is 1. The fourth-order valence-electron chi connectivity index (χ4n) is 1.44. The zero-order valence-electron chi connectivity index (χ0n) is 8.01. The van der Waals surface area contributed by atoms with Crippen molar-refractivity contribution in [3.63, 3.8) is 0 Å². The molecule has 0 saturated carbocycles. The minimum atomic E-state index is -1.93. The van der Waals surface area contributed by atoms with Crippen LogP contribution in [0.3, 0.4) is 0 Å². The quantitative estimate of drug-likeness (QED) is 0.636. The average molecular weight is 196 g/mol. The number of allylic oxidation sites excluding steroid dienone is 1. The number of hydrogen-bond acceptors (Lipinski definition) is 2. The Bertz CT molecular complexity index is 411. The lowest BCUT2D eigenvalue weighted by molar-refractivity contribution is 0.195. The highest BCUT2D eigenvalue weighted by atomic mass is 19.2. The summed E-state index contributed by atoms with van der Waals surface area (Å²) in [6, 6.07) is 0. The minimum Gasteiger partial charge on any atom is -0.257 e. The van der Waals surface area contributed by atoms with Crippen molar-refractivity contribution in [2.45, 2.75) is 25.9 Å². The van der Waals surface area contributed by atoms with Crippen molar-refractivity contribution < 1.29 is 8.78 Å². The Morgan fingerprint density at radius 2 is 2.21 bits per heavy atom. The third kappa shape index (κ3) is 1.41. The highest BCUT2D eigenvalue weighted by Crippen LogP contribution is 2.33. The van der Waals surface area contributed by atoms with Crippen LogP contribution in [0.1, 0.15) is 24.0 Å². The lowest BCUT2D eigenvalue weighted by Gasteiger charge is -2.22. The maximum Gasteiger partial charge on any atom is 0.164 e. The Kier molecular flexibility index (Phi) is 1.87. The van der Waals surface area contributed by atoms with Crippen molar-refractivity contribution in [2.24, 2.45) is 0 Å². The first-order chi connectivity index (χ1) is 6.49. The Balaban J connectivity index is 2.54. The number of alkyl halides is 1. The number of rotatable bonds is 0. The molecule has 1 aromatic heterocycles. The monoisotopic (exact) mass is 196 g/mol. The number of aryl methyl sites for hydroxylation is 1. The second kappa shape index (κ2) is 2.83. The van der Waals surface area contributed by atoms with Crippen LogP contribution in [0.5, 0.6) is 0 Å². The highest BCUT2D eigenvalue weighted by molar-refractivity contribution is 5.55. The predicted molar refractivity (Wildman–Crippen MR) is 49.1 cm³/mol. The summed E-state index contributed by atoms with van der Waals surface area (Å²) in [5, 5.41) is 0. The van der Waals surface area contributed by atoms with E-state index in [0.717, 1.165) is 6.08 Å². The fourth-order valence-corrected chi connectivity index (χ4v) is 1.44. The molecule has 0 radical (unpaired) electrons. The van der Waals surface area contributed by atoms with E-state index in [4.69, 9.17) is 0 Å². The zero-order valence-corrected chi connectivity index (χ0v) is 8.01. The molecule has 0 saturated heterocycles. The maximum absolute atomic E-state index is 13.5. The van der Waals surface area contributed by atoms with E-state index in [2.05, 4.69) is 9.97 Å². The first-order valence-electron chi connectivity index (χ1n) is 4.38. The van der Waals surface area contributed by atoms with Crippen LogP contribution in [0.4, 0.5) is 8.78 Å². The van der Waals surface area contributed by atoms with Crippen LogP contribution in [0.25, 0.3) is 6.08 Å². The SMILES string of the molecule is Cc1cnc2c(n1)C=C(F)C(C)(F)C2. The first-order valence-corrected chi connectivity index (χ1v) is 4.38. The summed E-state index contributed by atoms with van der Waals surface area (Å²) in [5.74, 6) is -0.773. The van der Waals surface area contributed by atoms with Gasteiger partial charge in [-0.1, -0.05) is 0 Å². The molecule has 0 N–H and O–H groups in total. The maximum atomic E-state index is 13.5. The smallest absolute Gasteiger partial charge is 0.164 e. The molecular formula is C10H10F2N2. The summed E-state index contributed by atoms with van der Waals surface area (Å²) in [6.07, 6.45) is 2.64. The summed E-state index contributed by atoms with van der Waals surface area (Å²) >= 11 is 0. The molecule has 0 aliphatic heterocycles. The van der Waals surface area contributed by atoms with Gasteiger partial charge in [0.1, 0.15) is 5.83 Å². The van der Waals surface area contributed by atoms with Crippen LogP contribution in [0.2, 0.25) is 0 Å². The van der Waals surface area contributed by atoms with Gasteiger partial charge in [0.05, 0.1) is 17.1 Å². The van der Waals surface area contributed by atoms with E-state index >= 15 is 0 Å². The number of nitrogens with zero attached hydrogens (tertiary/aromatic N) is 2. The summed E-state index contributed by atoms with van der Waals surface area (Å²) in [5.41, 5.74) is -0.272. The third-order valence-electron chi connectivity index (χ3n) is 2.26. The van der Waals surface area contributed by atoms with E-state index in [9.17, 15) is 8.78 Å². The van der Waals surface area contributed by atoms with Gasteiger partial charge in [-0.2, -0.15) is 0 Å². The molecule has 0 amide bonds. The molecule has 2 nitrogen and oxygen atoms in total. The Morgan fingerprint density at radius 1 is 1.50 bits per heavy atom. The lowest BCUT2D eigenvalue weighted by Crippen LogP contribution is -2.27. The van der Waals surface area contributed by atoms with Gasteiger partial charge in [-0.15, -0.1) is 0 Å². The van der Waals surface area contributed by atoms with E-state index in [0.29, 0.717) is 17.1 Å². The van der Waals surface area contributed by atoms with Gasteiger partial charge in [0.25, 0.3) is 0 Å². The molecular weight excluding hydrogens is 186 g/mol. The van der Waals surface area contributed by atoms with Gasteiger partial charge < -0.3 is 0 Å². The topological polar surface area (TPSA) is 25.8 Å². The third-order valence-corrected chi connectivity index (χ3v) is 2.26. The van der Waals surface area contributed by atoms with Crippen LogP contribution in [0, 0.1) is 6.92 Å². The first kappa shape index (κ1) is 9.24. The van der Waals surface area contributed by atoms with Crippen LogP contribution < -0.4 is 0 Å². The highest BCUT2D eigenvalue weighted by Gasteiger charge is 2.35. The molecule has 0 fully saturated rings. The zero-order chi connectivity index (χ0) is 10.3. The van der Waals surface area contributed by atoms with Gasteiger partial charge >= 0.3 is 0 Å². The molecule has 0 spiro atoms. The Hall–Kier alpha value is -1.32. The minimum absolute atomic E-state index is 0.0437. The van der Waals surface area contributed by atoms with Crippen LogP contribution in [-0.4, -0.2) is 15.6 Å². The number of hydrogen-bond donors (Lipinski definition) is 0. The lowest BCUT2D eigenvalue weighted by atomic mass is 9.93. The van der Waals surface area contributed by atoms with Gasteiger partial charge in [-0.25, -0.2) is 8.78 Å². The standard InChI is InChI=1S/C10H10F2N2/c1-6-5-13-8-4-10(2,12)9(11)3-7(8)14-6/h3,5H,4H2,1-2H3. The Morgan fingerprint density at radius 3 is 2.93 bits per heavy atom.